The fourth-order valence-electron chi connectivity index (χ4n) is 4.55. The van der Waals surface area contributed by atoms with Crippen LogP contribution in [0.25, 0.3) is 0 Å². The minimum atomic E-state index is -1.28. The Morgan fingerprint density at radius 2 is 0.900 bits per heavy atom. The van der Waals surface area contributed by atoms with E-state index in [9.17, 15) is 0 Å². The molecule has 0 heterocycles. The molecule has 0 aliphatic rings. The molecule has 0 bridgehead atoms. The van der Waals surface area contributed by atoms with E-state index in [1.807, 2.05) is 0 Å². The third-order valence-corrected chi connectivity index (χ3v) is 7.60. The Morgan fingerprint density at radius 1 is 0.533 bits per heavy atom. The van der Waals surface area contributed by atoms with Crippen LogP contribution in [0.4, 0.5) is 0 Å². The van der Waals surface area contributed by atoms with Gasteiger partial charge < -0.3 is 4.43 Å². The van der Waals surface area contributed by atoms with Gasteiger partial charge in [-0.15, -0.1) is 0 Å². The van der Waals surface area contributed by atoms with Crippen LogP contribution in [0, 0.1) is 0 Å². The van der Waals surface area contributed by atoms with Crippen LogP contribution in [0.2, 0.25) is 0 Å². The van der Waals surface area contributed by atoms with Crippen LogP contribution in [0.15, 0.2) is 115 Å². The van der Waals surface area contributed by atoms with Crippen molar-refractivity contribution in [2.75, 3.05) is 0 Å². The number of benzene rings is 4. The molecule has 0 fully saturated rings. The van der Waals surface area contributed by atoms with Crippen molar-refractivity contribution in [3.8, 4) is 0 Å². The summed E-state index contributed by atoms with van der Waals surface area (Å²) >= 11 is 0. The molecular weight excluding hydrogens is 379 g/mol. The third-order valence-electron chi connectivity index (χ3n) is 5.96. The quantitative estimate of drug-likeness (QED) is 0.427. The minimum Gasteiger partial charge on any atom is -0.416 e. The van der Waals surface area contributed by atoms with E-state index in [4.69, 9.17) is 4.43 Å². The summed E-state index contributed by atoms with van der Waals surface area (Å²) in [6.07, 6.45) is -0.992. The summed E-state index contributed by atoms with van der Waals surface area (Å²) in [6, 6.07) is 42.0. The molecule has 150 valence electrons. The van der Waals surface area contributed by atoms with Gasteiger partial charge in [-0.25, -0.2) is 0 Å². The molecule has 4 aromatic carbocycles. The van der Waals surface area contributed by atoms with Gasteiger partial charge in [-0.05, 0) is 19.0 Å². The molecule has 4 rings (SSSR count). The van der Waals surface area contributed by atoms with E-state index >= 15 is 0 Å². The van der Waals surface area contributed by atoms with Crippen molar-refractivity contribution in [2.24, 2.45) is 0 Å². The van der Waals surface area contributed by atoms with Gasteiger partial charge in [0.25, 0.3) is 0 Å². The van der Waals surface area contributed by atoms with Crippen molar-refractivity contribution in [1.82, 2.24) is 0 Å². The van der Waals surface area contributed by atoms with Crippen LogP contribution >= 0.6 is 0 Å². The van der Waals surface area contributed by atoms with Gasteiger partial charge in [-0.1, -0.05) is 115 Å². The zero-order chi connectivity index (χ0) is 20.8. The van der Waals surface area contributed by atoms with Gasteiger partial charge in [0.05, 0.1) is 0 Å². The van der Waals surface area contributed by atoms with E-state index in [0.717, 1.165) is 0 Å². The fourth-order valence-corrected chi connectivity index (χ4v) is 5.50. The van der Waals surface area contributed by atoms with Crippen molar-refractivity contribution in [1.29, 1.82) is 0 Å². The molecule has 0 saturated carbocycles. The molecule has 0 aliphatic carbocycles. The van der Waals surface area contributed by atoms with E-state index in [1.165, 1.54) is 27.0 Å². The van der Waals surface area contributed by atoms with Crippen LogP contribution < -0.4 is 27.0 Å². The summed E-state index contributed by atoms with van der Waals surface area (Å²) in [7, 11) is -0.700. The monoisotopic (exact) mass is 407 g/mol. The van der Waals surface area contributed by atoms with E-state index in [1.54, 1.807) is 0 Å². The van der Waals surface area contributed by atoms with Gasteiger partial charge in [0.2, 0.25) is 0 Å². The zero-order valence-corrected chi connectivity index (χ0v) is 19.2. The van der Waals surface area contributed by atoms with Gasteiger partial charge in [0, 0.05) is 6.10 Å². The molecule has 0 saturated heterocycles. The number of hydrogen-bond acceptors (Lipinski definition) is 1. The van der Waals surface area contributed by atoms with Crippen molar-refractivity contribution in [3.63, 3.8) is 0 Å². The van der Waals surface area contributed by atoms with Gasteiger partial charge >= 0.3 is 0 Å². The molecule has 0 radical (unpaired) electrons. The number of hydrogen-bond donors (Lipinski definition) is 0. The average Bonchev–Trinajstić information content (AvgIpc) is 2.81. The minimum absolute atomic E-state index is 0.289. The summed E-state index contributed by atoms with van der Waals surface area (Å²) in [5.41, 5.74) is 5.33. The topological polar surface area (TPSA) is 9.23 Å². The SMILES string of the molecule is CC(C)O[SiH2]c1ccc([B-](c2ccccc2)(c2ccccc2)c2ccccc2)cc1. The molecule has 0 unspecified atom stereocenters. The normalized spacial score (nSPS) is 12.0. The number of rotatable bonds is 7. The summed E-state index contributed by atoms with van der Waals surface area (Å²) in [5.74, 6) is 0. The van der Waals surface area contributed by atoms with Crippen LogP contribution in [-0.2, 0) is 4.43 Å². The van der Waals surface area contributed by atoms with Crippen LogP contribution in [0.3, 0.4) is 0 Å². The summed E-state index contributed by atoms with van der Waals surface area (Å²) in [5, 5.41) is 1.34. The highest BCUT2D eigenvalue weighted by atomic mass is 28.2. The molecular formula is C27H28BOSi-. The smallest absolute Gasteiger partial charge is 0.192 e. The van der Waals surface area contributed by atoms with Crippen molar-refractivity contribution in [2.45, 2.75) is 20.0 Å². The fraction of sp³-hybridized carbons (Fsp3) is 0.111. The van der Waals surface area contributed by atoms with E-state index in [0.29, 0.717) is 0 Å². The van der Waals surface area contributed by atoms with E-state index in [2.05, 4.69) is 129 Å². The van der Waals surface area contributed by atoms with Gasteiger partial charge in [0.15, 0.2) is 9.76 Å². The standard InChI is InChI=1S/C27H28BOSi/c1-22(2)29-30-27-20-18-26(19-21-27)28(23-12-6-3-7-13-23,24-14-8-4-9-15-24)25-16-10-5-11-17-25/h3-22H,30H2,1-2H3/q-1. The van der Waals surface area contributed by atoms with Gasteiger partial charge in [0.1, 0.15) is 6.15 Å². The predicted octanol–water partition coefficient (Wildman–Crippen LogP) is 2.20. The largest absolute Gasteiger partial charge is 0.416 e. The lowest BCUT2D eigenvalue weighted by Crippen LogP contribution is -2.74. The van der Waals surface area contributed by atoms with Gasteiger partial charge in [-0.3, -0.25) is 0 Å². The summed E-state index contributed by atoms with van der Waals surface area (Å²) in [4.78, 5) is 0. The van der Waals surface area contributed by atoms with Crippen molar-refractivity contribution in [3.05, 3.63) is 115 Å². The second-order valence-corrected chi connectivity index (χ2v) is 9.64. The third kappa shape index (κ3) is 4.04. The molecule has 0 atom stereocenters. The second kappa shape index (κ2) is 9.29. The molecule has 0 N–H and O–H groups in total. The predicted molar refractivity (Wildman–Crippen MR) is 134 cm³/mol. The molecule has 0 amide bonds. The highest BCUT2D eigenvalue weighted by Gasteiger charge is 2.31. The Bertz CT molecular complexity index is 952. The Kier molecular flexibility index (Phi) is 6.32. The first kappa shape index (κ1) is 20.4. The second-order valence-electron chi connectivity index (χ2n) is 8.20. The molecule has 4 aromatic rings. The lowest BCUT2D eigenvalue weighted by Gasteiger charge is -2.44. The van der Waals surface area contributed by atoms with E-state index < -0.39 is 15.9 Å². The lowest BCUT2D eigenvalue weighted by molar-refractivity contribution is 0.260. The summed E-state index contributed by atoms with van der Waals surface area (Å²) in [6.45, 7) is 4.21. The molecule has 3 heteroatoms. The molecule has 1 nitrogen and oxygen atoms in total. The Labute approximate surface area is 182 Å². The Morgan fingerprint density at radius 3 is 1.27 bits per heavy atom. The first-order valence-corrected chi connectivity index (χ1v) is 12.0. The van der Waals surface area contributed by atoms with Crippen molar-refractivity contribution >= 4 is 42.9 Å². The molecule has 0 aliphatic heterocycles. The Balaban J connectivity index is 1.94. The van der Waals surface area contributed by atoms with Gasteiger partial charge in [-0.2, -0.15) is 21.9 Å². The van der Waals surface area contributed by atoms with Crippen LogP contribution in [-0.4, -0.2) is 22.0 Å². The average molecular weight is 407 g/mol. The van der Waals surface area contributed by atoms with Crippen molar-refractivity contribution < 1.29 is 4.43 Å². The zero-order valence-electron chi connectivity index (χ0n) is 17.7. The maximum atomic E-state index is 5.95. The maximum absolute atomic E-state index is 5.95. The van der Waals surface area contributed by atoms with Crippen LogP contribution in [0.1, 0.15) is 13.8 Å². The molecule has 30 heavy (non-hydrogen) atoms. The highest BCUT2D eigenvalue weighted by Crippen LogP contribution is 2.09. The highest BCUT2D eigenvalue weighted by molar-refractivity contribution is 7.19. The Hall–Kier alpha value is -2.88. The first-order chi connectivity index (χ1) is 14.7. The molecule has 0 spiro atoms. The maximum Gasteiger partial charge on any atom is 0.192 e. The van der Waals surface area contributed by atoms with E-state index in [-0.39, 0.29) is 6.10 Å². The first-order valence-electron chi connectivity index (χ1n) is 10.7. The summed E-state index contributed by atoms with van der Waals surface area (Å²) < 4.78 is 5.95. The lowest BCUT2D eigenvalue weighted by atomic mass is 9.13. The van der Waals surface area contributed by atoms with Crippen LogP contribution in [0.5, 0.6) is 0 Å². The molecule has 0 aromatic heterocycles.